The summed E-state index contributed by atoms with van der Waals surface area (Å²) >= 11 is 13.8. The number of halogens is 2. The van der Waals surface area contributed by atoms with Crippen LogP contribution < -0.4 is 5.73 Å². The van der Waals surface area contributed by atoms with Gasteiger partial charge in [-0.25, -0.2) is 0 Å². The molecule has 2 aromatic carbocycles. The molecule has 94 valence electrons. The van der Waals surface area contributed by atoms with E-state index in [1.165, 1.54) is 10.5 Å². The smallest absolute Gasteiger partial charge is 0.0447 e. The lowest BCUT2D eigenvalue weighted by molar-refractivity contribution is 1.29. The predicted molar refractivity (Wildman–Crippen MR) is 81.6 cm³/mol. The fourth-order valence-corrected chi connectivity index (χ4v) is 3.10. The van der Waals surface area contributed by atoms with Crippen molar-refractivity contribution in [3.8, 4) is 0 Å². The summed E-state index contributed by atoms with van der Waals surface area (Å²) < 4.78 is 0. The van der Waals surface area contributed by atoms with E-state index >= 15 is 0 Å². The van der Waals surface area contributed by atoms with Crippen LogP contribution in [-0.4, -0.2) is 0 Å². The summed E-state index contributed by atoms with van der Waals surface area (Å²) in [4.78, 5) is 1.21. The summed E-state index contributed by atoms with van der Waals surface area (Å²) in [5, 5.41) is 1.46. The van der Waals surface area contributed by atoms with Crippen molar-refractivity contribution in [2.45, 2.75) is 17.6 Å². The highest BCUT2D eigenvalue weighted by atomic mass is 35.5. The Morgan fingerprint density at radius 2 is 1.89 bits per heavy atom. The van der Waals surface area contributed by atoms with Gasteiger partial charge in [-0.1, -0.05) is 23.2 Å². The minimum Gasteiger partial charge on any atom is -0.399 e. The molecule has 0 aliphatic rings. The number of benzene rings is 2. The molecule has 0 atom stereocenters. The average molecular weight is 298 g/mol. The monoisotopic (exact) mass is 297 g/mol. The third kappa shape index (κ3) is 3.35. The zero-order valence-electron chi connectivity index (χ0n) is 9.91. The van der Waals surface area contributed by atoms with E-state index in [1.54, 1.807) is 17.8 Å². The standard InChI is InChI=1S/C14H13Cl2NS/c1-9-6-12(17)3-5-14(9)18-8-10-7-11(15)2-4-13(10)16/h2-7H,8,17H2,1H3. The van der Waals surface area contributed by atoms with Crippen LogP contribution in [0.3, 0.4) is 0 Å². The van der Waals surface area contributed by atoms with Crippen LogP contribution in [0.1, 0.15) is 11.1 Å². The van der Waals surface area contributed by atoms with Gasteiger partial charge >= 0.3 is 0 Å². The summed E-state index contributed by atoms with van der Waals surface area (Å²) in [6, 6.07) is 11.5. The Morgan fingerprint density at radius 3 is 2.61 bits per heavy atom. The zero-order valence-corrected chi connectivity index (χ0v) is 12.2. The molecule has 2 N–H and O–H groups in total. The molecule has 0 amide bonds. The number of rotatable bonds is 3. The maximum atomic E-state index is 6.14. The number of hydrogen-bond donors (Lipinski definition) is 1. The van der Waals surface area contributed by atoms with Crippen molar-refractivity contribution in [3.05, 3.63) is 57.6 Å². The van der Waals surface area contributed by atoms with Crippen LogP contribution in [0.5, 0.6) is 0 Å². The minimum absolute atomic E-state index is 0.712. The van der Waals surface area contributed by atoms with Crippen LogP contribution >= 0.6 is 35.0 Å². The minimum atomic E-state index is 0.712. The van der Waals surface area contributed by atoms with Gasteiger partial charge in [0.25, 0.3) is 0 Å². The Kier molecular flexibility index (Phi) is 4.44. The maximum Gasteiger partial charge on any atom is 0.0447 e. The molecule has 0 saturated carbocycles. The van der Waals surface area contributed by atoms with Gasteiger partial charge in [0.15, 0.2) is 0 Å². The van der Waals surface area contributed by atoms with Gasteiger partial charge in [0, 0.05) is 26.4 Å². The van der Waals surface area contributed by atoms with E-state index < -0.39 is 0 Å². The lowest BCUT2D eigenvalue weighted by Gasteiger charge is -2.08. The topological polar surface area (TPSA) is 26.0 Å². The highest BCUT2D eigenvalue weighted by Crippen LogP contribution is 2.31. The first-order valence-corrected chi connectivity index (χ1v) is 7.23. The van der Waals surface area contributed by atoms with Gasteiger partial charge in [0.1, 0.15) is 0 Å². The molecule has 0 heterocycles. The maximum absolute atomic E-state index is 6.14. The Bertz CT molecular complexity index is 570. The molecule has 0 radical (unpaired) electrons. The summed E-state index contributed by atoms with van der Waals surface area (Å²) in [6.45, 7) is 2.05. The molecule has 0 fully saturated rings. The van der Waals surface area contributed by atoms with E-state index in [2.05, 4.69) is 6.92 Å². The van der Waals surface area contributed by atoms with Gasteiger partial charge in [-0.3, -0.25) is 0 Å². The van der Waals surface area contributed by atoms with Crippen molar-refractivity contribution in [1.82, 2.24) is 0 Å². The molecule has 18 heavy (non-hydrogen) atoms. The predicted octanol–water partition coefficient (Wildman–Crippen LogP) is 5.18. The number of thioether (sulfide) groups is 1. The van der Waals surface area contributed by atoms with Crippen LogP contribution in [0.25, 0.3) is 0 Å². The number of anilines is 1. The van der Waals surface area contributed by atoms with Crippen molar-refractivity contribution in [3.63, 3.8) is 0 Å². The molecule has 1 nitrogen and oxygen atoms in total. The van der Waals surface area contributed by atoms with Crippen LogP contribution in [0, 0.1) is 6.92 Å². The van der Waals surface area contributed by atoms with Crippen LogP contribution in [0.4, 0.5) is 5.69 Å². The highest BCUT2D eigenvalue weighted by molar-refractivity contribution is 7.98. The Balaban J connectivity index is 2.13. The molecule has 0 bridgehead atoms. The van der Waals surface area contributed by atoms with E-state index in [-0.39, 0.29) is 0 Å². The van der Waals surface area contributed by atoms with Crippen molar-refractivity contribution >= 4 is 40.7 Å². The van der Waals surface area contributed by atoms with Crippen molar-refractivity contribution in [1.29, 1.82) is 0 Å². The van der Waals surface area contributed by atoms with Gasteiger partial charge in [-0.2, -0.15) is 0 Å². The number of aryl methyl sites for hydroxylation is 1. The summed E-state index contributed by atoms with van der Waals surface area (Å²) in [7, 11) is 0. The largest absolute Gasteiger partial charge is 0.399 e. The van der Waals surface area contributed by atoms with E-state index in [1.807, 2.05) is 30.3 Å². The third-order valence-electron chi connectivity index (χ3n) is 2.59. The van der Waals surface area contributed by atoms with Crippen molar-refractivity contribution in [2.24, 2.45) is 0 Å². The number of nitrogens with two attached hydrogens (primary N) is 1. The first kappa shape index (κ1) is 13.6. The molecule has 2 aromatic rings. The van der Waals surface area contributed by atoms with Crippen molar-refractivity contribution in [2.75, 3.05) is 5.73 Å². The Morgan fingerprint density at radius 1 is 1.11 bits per heavy atom. The second-order valence-electron chi connectivity index (χ2n) is 4.05. The Labute approximate surface area is 121 Å². The van der Waals surface area contributed by atoms with Crippen molar-refractivity contribution < 1.29 is 0 Å². The molecule has 0 unspecified atom stereocenters. The zero-order chi connectivity index (χ0) is 13.1. The summed E-state index contributed by atoms with van der Waals surface area (Å²) in [5.74, 6) is 0.796. The molecule has 2 rings (SSSR count). The first-order chi connectivity index (χ1) is 8.56. The fourth-order valence-electron chi connectivity index (χ4n) is 1.64. The lowest BCUT2D eigenvalue weighted by atomic mass is 10.2. The molecule has 0 spiro atoms. The molecular weight excluding hydrogens is 285 g/mol. The first-order valence-electron chi connectivity index (χ1n) is 5.49. The van der Waals surface area contributed by atoms with Gasteiger partial charge in [-0.05, 0) is 54.4 Å². The summed E-state index contributed by atoms with van der Waals surface area (Å²) in [6.07, 6.45) is 0. The van der Waals surface area contributed by atoms with E-state index in [0.717, 1.165) is 22.0 Å². The van der Waals surface area contributed by atoms with Gasteiger partial charge < -0.3 is 5.73 Å². The SMILES string of the molecule is Cc1cc(N)ccc1SCc1cc(Cl)ccc1Cl. The van der Waals surface area contributed by atoms with Crippen LogP contribution in [0.15, 0.2) is 41.3 Å². The van der Waals surface area contributed by atoms with Crippen LogP contribution in [-0.2, 0) is 5.75 Å². The number of nitrogen functional groups attached to an aromatic ring is 1. The molecule has 0 saturated heterocycles. The molecule has 0 aliphatic heterocycles. The average Bonchev–Trinajstić information content (AvgIpc) is 2.32. The molecule has 4 heteroatoms. The van der Waals surface area contributed by atoms with Gasteiger partial charge in [0.2, 0.25) is 0 Å². The third-order valence-corrected chi connectivity index (χ3v) is 4.42. The molecular formula is C14H13Cl2NS. The molecule has 0 aliphatic carbocycles. The Hall–Kier alpha value is -0.830. The van der Waals surface area contributed by atoms with E-state index in [0.29, 0.717) is 5.02 Å². The van der Waals surface area contributed by atoms with E-state index in [4.69, 9.17) is 28.9 Å². The quantitative estimate of drug-likeness (QED) is 0.624. The highest BCUT2D eigenvalue weighted by Gasteiger charge is 2.04. The normalized spacial score (nSPS) is 10.6. The second-order valence-corrected chi connectivity index (χ2v) is 5.91. The van der Waals surface area contributed by atoms with Gasteiger partial charge in [-0.15, -0.1) is 11.8 Å². The second kappa shape index (κ2) is 5.87. The number of hydrogen-bond acceptors (Lipinski definition) is 2. The lowest BCUT2D eigenvalue weighted by Crippen LogP contribution is -1.88. The van der Waals surface area contributed by atoms with Crippen LogP contribution in [0.2, 0.25) is 10.0 Å². The van der Waals surface area contributed by atoms with E-state index in [9.17, 15) is 0 Å². The summed E-state index contributed by atoms with van der Waals surface area (Å²) in [5.41, 5.74) is 8.75. The van der Waals surface area contributed by atoms with Gasteiger partial charge in [0.05, 0.1) is 0 Å². The fraction of sp³-hybridized carbons (Fsp3) is 0.143. The molecule has 0 aromatic heterocycles.